The van der Waals surface area contributed by atoms with E-state index in [1.807, 2.05) is 49.2 Å². The van der Waals surface area contributed by atoms with E-state index in [4.69, 9.17) is 9.97 Å². The predicted octanol–water partition coefficient (Wildman–Crippen LogP) is 10.6. The second-order valence-electron chi connectivity index (χ2n) is 22.4. The molecule has 378 valence electrons. The molecule has 2 aliphatic heterocycles. The van der Waals surface area contributed by atoms with E-state index in [-0.39, 0.29) is 77.9 Å². The van der Waals surface area contributed by atoms with Crippen molar-refractivity contribution in [2.45, 2.75) is 161 Å². The average molecular weight is 964 g/mol. The third kappa shape index (κ3) is 12.1. The smallest absolute Gasteiger partial charge is 0.306 e. The highest BCUT2D eigenvalue weighted by atomic mass is 19.3. The number of aliphatic carboxylic acids is 1. The van der Waals surface area contributed by atoms with E-state index in [1.54, 1.807) is 15.9 Å². The van der Waals surface area contributed by atoms with Crippen molar-refractivity contribution in [2.24, 2.45) is 23.7 Å². The van der Waals surface area contributed by atoms with E-state index in [1.165, 1.54) is 0 Å². The van der Waals surface area contributed by atoms with Crippen molar-refractivity contribution < 1.29 is 41.8 Å². The van der Waals surface area contributed by atoms with Gasteiger partial charge in [0.15, 0.2) is 0 Å². The van der Waals surface area contributed by atoms with E-state index >= 15 is 0 Å². The highest BCUT2D eigenvalue weighted by Gasteiger charge is 2.38. The fourth-order valence-corrected chi connectivity index (χ4v) is 10.6. The molecule has 8 rings (SSSR count). The van der Waals surface area contributed by atoms with Gasteiger partial charge in [-0.1, -0.05) is 41.5 Å². The second kappa shape index (κ2) is 20.4. The van der Waals surface area contributed by atoms with Crippen molar-refractivity contribution in [3.05, 3.63) is 59.2 Å². The van der Waals surface area contributed by atoms with Gasteiger partial charge in [-0.15, -0.1) is 0 Å². The number of piperidine rings is 2. The lowest BCUT2D eigenvalue weighted by Crippen LogP contribution is -2.43. The minimum atomic E-state index is -2.55. The molecule has 16 heteroatoms. The third-order valence-corrected chi connectivity index (χ3v) is 15.0. The molecular weight excluding hydrogens is 891 g/mol. The minimum Gasteiger partial charge on any atom is -0.481 e. The maximum Gasteiger partial charge on any atom is 0.306 e. The molecule has 2 aliphatic carbocycles. The molecule has 2 aromatic heterocycles. The molecule has 0 bridgehead atoms. The Hall–Kier alpha value is -5.02. The summed E-state index contributed by atoms with van der Waals surface area (Å²) in [5, 5.41) is 9.18. The fourth-order valence-electron chi connectivity index (χ4n) is 10.6. The van der Waals surface area contributed by atoms with Crippen molar-refractivity contribution in [3.8, 4) is 0 Å². The van der Waals surface area contributed by atoms with Crippen LogP contribution < -0.4 is 0 Å². The molecule has 4 aromatic rings. The summed E-state index contributed by atoms with van der Waals surface area (Å²) >= 11 is 0. The Kier molecular flexibility index (Phi) is 15.3. The van der Waals surface area contributed by atoms with Gasteiger partial charge in [0.05, 0.1) is 28.0 Å². The molecular formula is C53H73F4N7O5. The summed E-state index contributed by atoms with van der Waals surface area (Å²) < 4.78 is 59.0. The quantitative estimate of drug-likeness (QED) is 0.165. The number of carboxylic acids is 1. The summed E-state index contributed by atoms with van der Waals surface area (Å²) in [4.78, 5) is 65.1. The molecule has 3 amide bonds. The molecule has 4 heterocycles. The molecule has 0 atom stereocenters. The molecule has 0 spiro atoms. The molecule has 69 heavy (non-hydrogen) atoms. The Morgan fingerprint density at radius 1 is 0.623 bits per heavy atom. The van der Waals surface area contributed by atoms with Gasteiger partial charge in [-0.2, -0.15) is 0 Å². The number of carbonyl (C=O) groups is 4. The Balaban J connectivity index is 0.000000205. The normalized spacial score (nSPS) is 19.9. The number of amides is 3. The predicted molar refractivity (Wildman–Crippen MR) is 259 cm³/mol. The van der Waals surface area contributed by atoms with Gasteiger partial charge in [0.1, 0.15) is 11.6 Å². The standard InChI is InChI=1S/C28H40F2N4O2.C25H33F2N3O3/c1-6-32(5)24(35)20-11-15-33(16-12-20)25(36)21-7-8-23-22(17-21)31-26(27(2,3)4)34(23)18-19-9-13-28(29,30)14-10-19;1-24(2,3)23-28-19-14-18(21(31)29-12-8-17(9-13-29)22(32)33)4-5-20(19)30(23)15-16-6-10-25(26,27)11-7-16/h7-8,17,19-20H,6,9-16,18H2,1-5H3;4-5,14,16-17H,6-13,15H2,1-3H3,(H,32,33). The van der Waals surface area contributed by atoms with Gasteiger partial charge in [-0.05, 0) is 107 Å². The summed E-state index contributed by atoms with van der Waals surface area (Å²) in [6, 6.07) is 11.2. The monoisotopic (exact) mass is 964 g/mol. The summed E-state index contributed by atoms with van der Waals surface area (Å²) in [7, 11) is 1.82. The van der Waals surface area contributed by atoms with E-state index in [0.717, 1.165) is 33.7 Å². The molecule has 1 N–H and O–H groups in total. The summed E-state index contributed by atoms with van der Waals surface area (Å²) in [5.41, 5.74) is 4.04. The van der Waals surface area contributed by atoms with Crippen molar-refractivity contribution in [2.75, 3.05) is 39.8 Å². The first-order chi connectivity index (χ1) is 32.3. The van der Waals surface area contributed by atoms with E-state index in [9.17, 15) is 41.8 Å². The first-order valence-electron chi connectivity index (χ1n) is 25.2. The molecule has 0 radical (unpaired) electrons. The molecule has 12 nitrogen and oxygen atoms in total. The fraction of sp³-hybridized carbons (Fsp3) is 0.660. The van der Waals surface area contributed by atoms with Crippen molar-refractivity contribution in [1.82, 2.24) is 33.8 Å². The lowest BCUT2D eigenvalue weighted by molar-refractivity contribution is -0.143. The van der Waals surface area contributed by atoms with Crippen LogP contribution in [0.25, 0.3) is 22.1 Å². The Labute approximate surface area is 404 Å². The van der Waals surface area contributed by atoms with Gasteiger partial charge in [-0.3, -0.25) is 19.2 Å². The van der Waals surface area contributed by atoms with Gasteiger partial charge in [0.25, 0.3) is 11.8 Å². The number of hydrogen-bond acceptors (Lipinski definition) is 6. The van der Waals surface area contributed by atoms with Crippen LogP contribution in [0.2, 0.25) is 0 Å². The molecule has 4 aliphatic rings. The Morgan fingerprint density at radius 3 is 1.32 bits per heavy atom. The minimum absolute atomic E-state index is 0.0220. The number of carboxylic acid groups (broad SMARTS) is 1. The number of halogens is 4. The zero-order valence-electron chi connectivity index (χ0n) is 41.9. The summed E-state index contributed by atoms with van der Waals surface area (Å²) in [6.07, 6.45) is 4.09. The highest BCUT2D eigenvalue weighted by molar-refractivity contribution is 5.98. The molecule has 2 aromatic carbocycles. The zero-order valence-corrected chi connectivity index (χ0v) is 41.9. The number of fused-ring (bicyclic) bond motifs is 2. The Morgan fingerprint density at radius 2 is 0.986 bits per heavy atom. The van der Waals surface area contributed by atoms with Crippen molar-refractivity contribution in [3.63, 3.8) is 0 Å². The van der Waals surface area contributed by atoms with Crippen LogP contribution in [-0.4, -0.2) is 114 Å². The summed E-state index contributed by atoms with van der Waals surface area (Å²) in [5.74, 6) is -4.10. The Bertz CT molecular complexity index is 2490. The van der Waals surface area contributed by atoms with Gasteiger partial charge >= 0.3 is 5.97 Å². The number of carbonyl (C=O) groups excluding carboxylic acids is 3. The van der Waals surface area contributed by atoms with Crippen LogP contribution in [0.5, 0.6) is 0 Å². The van der Waals surface area contributed by atoms with Crippen LogP contribution in [0.4, 0.5) is 17.6 Å². The number of benzene rings is 2. The van der Waals surface area contributed by atoms with E-state index in [2.05, 4.69) is 50.7 Å². The number of rotatable bonds is 9. The van der Waals surface area contributed by atoms with Gasteiger partial charge in [-0.25, -0.2) is 27.5 Å². The molecule has 2 saturated carbocycles. The van der Waals surface area contributed by atoms with Crippen LogP contribution in [0.15, 0.2) is 36.4 Å². The van der Waals surface area contributed by atoms with Gasteiger partial charge < -0.3 is 28.9 Å². The lowest BCUT2D eigenvalue weighted by atomic mass is 9.86. The first kappa shape index (κ1) is 51.8. The SMILES string of the molecule is CC(C)(C)c1nc2cc(C(=O)N3CCC(C(=O)O)CC3)ccc2n1CC1CCC(F)(F)CC1.CCN(C)C(=O)C1CCN(C(=O)c2ccc3c(c2)nc(C(C)(C)C)n3CC2CCC(F)(F)CC2)CC1. The molecule has 4 fully saturated rings. The topological polar surface area (TPSA) is 134 Å². The number of imidazole rings is 2. The van der Waals surface area contributed by atoms with Gasteiger partial charge in [0.2, 0.25) is 17.8 Å². The zero-order chi connectivity index (χ0) is 50.2. The highest BCUT2D eigenvalue weighted by Crippen LogP contribution is 2.40. The third-order valence-electron chi connectivity index (χ3n) is 15.0. The average Bonchev–Trinajstić information content (AvgIpc) is 3.87. The molecule has 0 unspecified atom stereocenters. The first-order valence-corrected chi connectivity index (χ1v) is 25.2. The van der Waals surface area contributed by atoms with Crippen LogP contribution in [-0.2, 0) is 33.5 Å². The van der Waals surface area contributed by atoms with Crippen LogP contribution in [0, 0.1) is 23.7 Å². The number of likely N-dealkylation sites (tertiary alicyclic amines) is 2. The van der Waals surface area contributed by atoms with Crippen molar-refractivity contribution >= 4 is 45.8 Å². The number of alkyl halides is 4. The van der Waals surface area contributed by atoms with E-state index in [0.29, 0.717) is 108 Å². The van der Waals surface area contributed by atoms with E-state index < -0.39 is 17.8 Å². The number of nitrogens with zero attached hydrogens (tertiary/aromatic N) is 7. The van der Waals surface area contributed by atoms with Crippen LogP contribution in [0.1, 0.15) is 158 Å². The maximum absolute atomic E-state index is 13.7. The maximum atomic E-state index is 13.7. The van der Waals surface area contributed by atoms with Crippen LogP contribution >= 0.6 is 0 Å². The number of aromatic nitrogens is 4. The van der Waals surface area contributed by atoms with Crippen LogP contribution in [0.3, 0.4) is 0 Å². The lowest BCUT2D eigenvalue weighted by Gasteiger charge is -2.33. The van der Waals surface area contributed by atoms with Crippen molar-refractivity contribution in [1.29, 1.82) is 0 Å². The van der Waals surface area contributed by atoms with Gasteiger partial charge in [0, 0.05) is 106 Å². The summed E-state index contributed by atoms with van der Waals surface area (Å²) in [6.45, 7) is 18.5. The number of hydrogen-bond donors (Lipinski definition) is 1. The second-order valence-corrected chi connectivity index (χ2v) is 22.4. The molecule has 2 saturated heterocycles. The largest absolute Gasteiger partial charge is 0.481 e.